The van der Waals surface area contributed by atoms with Gasteiger partial charge in [-0.3, -0.25) is 4.99 Å². The van der Waals surface area contributed by atoms with Crippen LogP contribution >= 0.6 is 0 Å². The number of amides is 1. The zero-order valence-corrected chi connectivity index (χ0v) is 11.7. The van der Waals surface area contributed by atoms with E-state index in [9.17, 15) is 9.59 Å². The van der Waals surface area contributed by atoms with Crippen molar-refractivity contribution < 1.29 is 19.1 Å². The van der Waals surface area contributed by atoms with Gasteiger partial charge in [-0.25, -0.2) is 9.59 Å². The third-order valence-electron chi connectivity index (χ3n) is 2.90. The maximum Gasteiger partial charge on any atom is 0.407 e. The highest BCUT2D eigenvalue weighted by atomic mass is 16.5. The fourth-order valence-electron chi connectivity index (χ4n) is 1.81. The van der Waals surface area contributed by atoms with Gasteiger partial charge in [-0.05, 0) is 5.56 Å². The van der Waals surface area contributed by atoms with Gasteiger partial charge in [0.25, 0.3) is 0 Å². The second-order valence-electron chi connectivity index (χ2n) is 4.42. The first kappa shape index (κ1) is 14.8. The number of amidine groups is 1. The molecule has 0 saturated carbocycles. The number of rotatable bonds is 5. The summed E-state index contributed by atoms with van der Waals surface area (Å²) in [5.74, 6) is 0.155. The van der Waals surface area contributed by atoms with Crippen LogP contribution in [0, 0.1) is 0 Å². The molecule has 1 aliphatic heterocycles. The Morgan fingerprint density at radius 1 is 1.38 bits per heavy atom. The number of alkyl carbamates (subject to hydrolysis) is 1. The van der Waals surface area contributed by atoms with Gasteiger partial charge in [-0.15, -0.1) is 0 Å². The van der Waals surface area contributed by atoms with Crippen molar-refractivity contribution in [2.45, 2.75) is 12.6 Å². The first-order valence-electron chi connectivity index (χ1n) is 6.51. The molecular weight excluding hydrogens is 274 g/mol. The standard InChI is InChI=1S/C14H17N3O4/c1-20-13(18)11-7-15-12(17-11)8-16-14(19)21-9-10-5-3-2-4-6-10/h2-6,11H,7-9H2,1H3,(H,15,17)(H,16,19). The van der Waals surface area contributed by atoms with Crippen molar-refractivity contribution in [1.29, 1.82) is 0 Å². The third-order valence-corrected chi connectivity index (χ3v) is 2.90. The van der Waals surface area contributed by atoms with E-state index in [2.05, 4.69) is 20.4 Å². The number of hydrogen-bond acceptors (Lipinski definition) is 6. The number of esters is 1. The molecule has 112 valence electrons. The number of hydrogen-bond donors (Lipinski definition) is 2. The van der Waals surface area contributed by atoms with E-state index in [4.69, 9.17) is 4.74 Å². The highest BCUT2D eigenvalue weighted by Crippen LogP contribution is 2.01. The molecule has 7 nitrogen and oxygen atoms in total. The predicted octanol–water partition coefficient (Wildman–Crippen LogP) is 0.456. The minimum absolute atomic E-state index is 0.182. The molecule has 0 radical (unpaired) electrons. The van der Waals surface area contributed by atoms with E-state index in [1.165, 1.54) is 7.11 Å². The maximum atomic E-state index is 11.5. The van der Waals surface area contributed by atoms with Gasteiger partial charge in [-0.1, -0.05) is 30.3 Å². The summed E-state index contributed by atoms with van der Waals surface area (Å²) in [6, 6.07) is 8.91. The summed E-state index contributed by atoms with van der Waals surface area (Å²) in [6.45, 7) is 0.696. The molecule has 0 aromatic heterocycles. The zero-order chi connectivity index (χ0) is 15.1. The second-order valence-corrected chi connectivity index (χ2v) is 4.42. The molecule has 2 N–H and O–H groups in total. The summed E-state index contributed by atoms with van der Waals surface area (Å²) < 4.78 is 9.67. The van der Waals surface area contributed by atoms with Crippen molar-refractivity contribution in [3.8, 4) is 0 Å². The number of ether oxygens (including phenoxy) is 2. The average Bonchev–Trinajstić information content (AvgIpc) is 3.00. The highest BCUT2D eigenvalue weighted by Gasteiger charge is 2.25. The normalized spacial score (nSPS) is 16.6. The largest absolute Gasteiger partial charge is 0.467 e. The Morgan fingerprint density at radius 3 is 2.86 bits per heavy atom. The van der Waals surface area contributed by atoms with Crippen LogP contribution in [0.5, 0.6) is 0 Å². The molecule has 1 atom stereocenters. The van der Waals surface area contributed by atoms with Gasteiger partial charge in [0.2, 0.25) is 0 Å². The molecule has 1 heterocycles. The van der Waals surface area contributed by atoms with Crippen LogP contribution in [-0.4, -0.2) is 44.1 Å². The molecule has 0 saturated heterocycles. The first-order chi connectivity index (χ1) is 10.2. The smallest absolute Gasteiger partial charge is 0.407 e. The van der Waals surface area contributed by atoms with Gasteiger partial charge in [0.1, 0.15) is 18.5 Å². The lowest BCUT2D eigenvalue weighted by atomic mass is 10.2. The first-order valence-corrected chi connectivity index (χ1v) is 6.51. The Morgan fingerprint density at radius 2 is 2.14 bits per heavy atom. The minimum Gasteiger partial charge on any atom is -0.467 e. The number of aliphatic imine (C=N–C) groups is 1. The predicted molar refractivity (Wildman–Crippen MR) is 75.9 cm³/mol. The molecule has 1 aromatic rings. The molecule has 0 spiro atoms. The Hall–Kier alpha value is -2.57. The Labute approximate surface area is 122 Å². The van der Waals surface area contributed by atoms with Crippen LogP contribution in [0.15, 0.2) is 35.3 Å². The van der Waals surface area contributed by atoms with E-state index in [0.29, 0.717) is 12.4 Å². The van der Waals surface area contributed by atoms with Crippen LogP contribution in [-0.2, 0) is 20.9 Å². The van der Waals surface area contributed by atoms with Crippen molar-refractivity contribution in [3.63, 3.8) is 0 Å². The van der Waals surface area contributed by atoms with E-state index < -0.39 is 12.1 Å². The summed E-state index contributed by atoms with van der Waals surface area (Å²) in [4.78, 5) is 26.9. The highest BCUT2D eigenvalue weighted by molar-refractivity contribution is 5.93. The van der Waals surface area contributed by atoms with Crippen molar-refractivity contribution in [1.82, 2.24) is 10.6 Å². The Balaban J connectivity index is 1.67. The quantitative estimate of drug-likeness (QED) is 0.769. The van der Waals surface area contributed by atoms with Gasteiger partial charge < -0.3 is 20.1 Å². The number of methoxy groups -OCH3 is 1. The topological polar surface area (TPSA) is 89.0 Å². The maximum absolute atomic E-state index is 11.5. The van der Waals surface area contributed by atoms with Crippen molar-refractivity contribution in [2.75, 3.05) is 20.2 Å². The molecule has 7 heteroatoms. The minimum atomic E-state index is -0.537. The number of nitrogens with one attached hydrogen (secondary N) is 2. The van der Waals surface area contributed by atoms with Crippen LogP contribution in [0.2, 0.25) is 0 Å². The number of benzene rings is 1. The average molecular weight is 291 g/mol. The van der Waals surface area contributed by atoms with Crippen LogP contribution < -0.4 is 10.6 Å². The summed E-state index contributed by atoms with van der Waals surface area (Å²) in [5.41, 5.74) is 0.912. The Kier molecular flexibility index (Phi) is 5.14. The van der Waals surface area contributed by atoms with Crippen LogP contribution in [0.1, 0.15) is 5.56 Å². The van der Waals surface area contributed by atoms with E-state index in [0.717, 1.165) is 5.56 Å². The molecule has 0 aliphatic carbocycles. The fourth-order valence-corrected chi connectivity index (χ4v) is 1.81. The molecule has 1 aromatic carbocycles. The summed E-state index contributed by atoms with van der Waals surface area (Å²) in [6.07, 6.45) is -0.537. The lowest BCUT2D eigenvalue weighted by molar-refractivity contribution is -0.142. The van der Waals surface area contributed by atoms with Crippen molar-refractivity contribution in [3.05, 3.63) is 35.9 Å². The molecule has 2 rings (SSSR count). The van der Waals surface area contributed by atoms with E-state index in [1.807, 2.05) is 30.3 Å². The van der Waals surface area contributed by atoms with E-state index in [-0.39, 0.29) is 19.1 Å². The third kappa shape index (κ3) is 4.48. The molecule has 0 bridgehead atoms. The van der Waals surface area contributed by atoms with Crippen molar-refractivity contribution >= 4 is 17.9 Å². The van der Waals surface area contributed by atoms with Gasteiger partial charge in [0.15, 0.2) is 0 Å². The number of carbonyl (C=O) groups excluding carboxylic acids is 2. The van der Waals surface area contributed by atoms with Crippen molar-refractivity contribution in [2.24, 2.45) is 4.99 Å². The monoisotopic (exact) mass is 291 g/mol. The Bertz CT molecular complexity index is 530. The summed E-state index contributed by atoms with van der Waals surface area (Å²) in [5, 5.41) is 5.44. The number of carbonyl (C=O) groups is 2. The molecule has 1 unspecified atom stereocenters. The lowest BCUT2D eigenvalue weighted by Crippen LogP contribution is -2.42. The zero-order valence-electron chi connectivity index (χ0n) is 11.7. The lowest BCUT2D eigenvalue weighted by Gasteiger charge is -2.10. The second kappa shape index (κ2) is 7.28. The molecule has 0 fully saturated rings. The van der Waals surface area contributed by atoms with Gasteiger partial charge >= 0.3 is 12.1 Å². The van der Waals surface area contributed by atoms with Crippen LogP contribution in [0.25, 0.3) is 0 Å². The molecule has 1 amide bonds. The van der Waals surface area contributed by atoms with E-state index >= 15 is 0 Å². The summed E-state index contributed by atoms with van der Waals surface area (Å²) in [7, 11) is 1.32. The number of nitrogens with zero attached hydrogens (tertiary/aromatic N) is 1. The summed E-state index contributed by atoms with van der Waals surface area (Å²) >= 11 is 0. The molecular formula is C14H17N3O4. The fraction of sp³-hybridized carbons (Fsp3) is 0.357. The SMILES string of the molecule is COC(=O)C1CN=C(CNC(=O)OCc2ccccc2)N1. The molecule has 21 heavy (non-hydrogen) atoms. The van der Waals surface area contributed by atoms with E-state index in [1.54, 1.807) is 0 Å². The van der Waals surface area contributed by atoms with Crippen LogP contribution in [0.3, 0.4) is 0 Å². The molecule has 1 aliphatic rings. The van der Waals surface area contributed by atoms with Gasteiger partial charge in [0.05, 0.1) is 20.2 Å². The van der Waals surface area contributed by atoms with Crippen LogP contribution in [0.4, 0.5) is 4.79 Å². The van der Waals surface area contributed by atoms with Gasteiger partial charge in [-0.2, -0.15) is 0 Å². The van der Waals surface area contributed by atoms with Gasteiger partial charge in [0, 0.05) is 0 Å².